The van der Waals surface area contributed by atoms with E-state index in [0.717, 1.165) is 34.0 Å². The van der Waals surface area contributed by atoms with Crippen LogP contribution in [0.2, 0.25) is 13.1 Å². The van der Waals surface area contributed by atoms with Crippen LogP contribution < -0.4 is 10.4 Å². The lowest BCUT2D eigenvalue weighted by molar-refractivity contribution is 0.957. The maximum Gasteiger partial charge on any atom is 0.160 e. The third kappa shape index (κ3) is 3.69. The summed E-state index contributed by atoms with van der Waals surface area (Å²) < 4.78 is 2.47. The number of rotatable bonds is 3. The molecule has 3 nitrogen and oxygen atoms in total. The Kier molecular flexibility index (Phi) is 5.71. The summed E-state index contributed by atoms with van der Waals surface area (Å²) in [5, 5.41) is 5.32. The van der Waals surface area contributed by atoms with Gasteiger partial charge in [-0.2, -0.15) is 0 Å². The second kappa shape index (κ2) is 9.96. The van der Waals surface area contributed by atoms with E-state index in [1.54, 1.807) is 0 Å². The zero-order chi connectivity index (χ0) is 32.1. The van der Waals surface area contributed by atoms with E-state index in [2.05, 4.69) is 164 Å². The van der Waals surface area contributed by atoms with E-state index < -0.39 is 8.07 Å². The molecule has 48 heavy (non-hydrogen) atoms. The molecule has 1 unspecified atom stereocenters. The van der Waals surface area contributed by atoms with Gasteiger partial charge < -0.3 is 4.57 Å². The van der Waals surface area contributed by atoms with E-state index in [1.807, 2.05) is 0 Å². The molecule has 10 rings (SSSR count). The Morgan fingerprint density at radius 1 is 0.583 bits per heavy atom. The van der Waals surface area contributed by atoms with Crippen LogP contribution in [0.1, 0.15) is 24.0 Å². The summed E-state index contributed by atoms with van der Waals surface area (Å²) in [4.78, 5) is 10.8. The summed E-state index contributed by atoms with van der Waals surface area (Å²) in [5.41, 5.74) is 14.6. The molecule has 228 valence electrons. The number of hydrogen-bond donors (Lipinski definition) is 0. The van der Waals surface area contributed by atoms with E-state index in [-0.39, 0.29) is 0 Å². The topological polar surface area (TPSA) is 30.7 Å². The highest BCUT2D eigenvalue weighted by Crippen LogP contribution is 2.50. The van der Waals surface area contributed by atoms with E-state index >= 15 is 0 Å². The number of benzene rings is 6. The molecule has 0 amide bonds. The Morgan fingerprint density at radius 2 is 1.29 bits per heavy atom. The summed E-state index contributed by atoms with van der Waals surface area (Å²) in [6.45, 7) is 7.21. The first-order valence-electron chi connectivity index (χ1n) is 16.8. The maximum atomic E-state index is 5.42. The lowest BCUT2D eigenvalue weighted by atomic mass is 9.98. The standard InChI is InChI=1S/C44H33N3Si/c1-27-31-18-7-8-20-34(31)39-32(27)24-25-35-33-19-9-11-22-37(33)47(42(35)39)30-17-13-16-29(26-30)44-45-40(28-14-5-4-6-15-28)43-41(46-44)36-21-10-12-23-38(36)48(43,2)3/h4-27H,1-3H3. The predicted molar refractivity (Wildman–Crippen MR) is 202 cm³/mol. The van der Waals surface area contributed by atoms with E-state index in [1.165, 1.54) is 60.0 Å². The fraction of sp³-hybridized carbons (Fsp3) is 0.0909. The highest BCUT2D eigenvalue weighted by Gasteiger charge is 2.41. The molecule has 2 aromatic heterocycles. The minimum Gasteiger partial charge on any atom is -0.309 e. The monoisotopic (exact) mass is 631 g/mol. The van der Waals surface area contributed by atoms with E-state index in [0.29, 0.717) is 5.92 Å². The summed E-state index contributed by atoms with van der Waals surface area (Å²) in [6, 6.07) is 50.8. The van der Waals surface area contributed by atoms with Crippen LogP contribution >= 0.6 is 0 Å². The fourth-order valence-electron chi connectivity index (χ4n) is 8.59. The van der Waals surface area contributed by atoms with Crippen molar-refractivity contribution in [2.75, 3.05) is 0 Å². The Labute approximate surface area is 281 Å². The van der Waals surface area contributed by atoms with Gasteiger partial charge in [-0.1, -0.05) is 141 Å². The smallest absolute Gasteiger partial charge is 0.160 e. The third-order valence-electron chi connectivity index (χ3n) is 10.8. The van der Waals surface area contributed by atoms with Gasteiger partial charge in [0.1, 0.15) is 8.07 Å². The highest BCUT2D eigenvalue weighted by molar-refractivity contribution is 7.04. The van der Waals surface area contributed by atoms with Crippen LogP contribution in [0.25, 0.3) is 72.5 Å². The van der Waals surface area contributed by atoms with Gasteiger partial charge in [-0.15, -0.1) is 0 Å². The van der Waals surface area contributed by atoms with Crippen molar-refractivity contribution in [1.82, 2.24) is 14.5 Å². The molecule has 0 saturated heterocycles. The van der Waals surface area contributed by atoms with Gasteiger partial charge in [-0.25, -0.2) is 9.97 Å². The summed E-state index contributed by atoms with van der Waals surface area (Å²) >= 11 is 0. The molecular weight excluding hydrogens is 599 g/mol. The number of fused-ring (bicyclic) bond motifs is 10. The molecule has 0 radical (unpaired) electrons. The molecule has 1 aliphatic carbocycles. The average Bonchev–Trinajstić information content (AvgIpc) is 3.71. The highest BCUT2D eigenvalue weighted by atomic mass is 28.3. The Bertz CT molecular complexity index is 2610. The number of hydrogen-bond acceptors (Lipinski definition) is 2. The van der Waals surface area contributed by atoms with Crippen molar-refractivity contribution in [2.45, 2.75) is 25.9 Å². The summed E-state index contributed by atoms with van der Waals surface area (Å²) in [7, 11) is -2.02. The maximum absolute atomic E-state index is 5.42. The molecule has 1 atom stereocenters. The molecule has 0 bridgehead atoms. The van der Waals surface area contributed by atoms with E-state index in [4.69, 9.17) is 9.97 Å². The van der Waals surface area contributed by atoms with Crippen LogP contribution in [-0.4, -0.2) is 22.6 Å². The van der Waals surface area contributed by atoms with Crippen LogP contribution in [0.5, 0.6) is 0 Å². The second-order valence-electron chi connectivity index (χ2n) is 13.8. The van der Waals surface area contributed by atoms with Gasteiger partial charge >= 0.3 is 0 Å². The zero-order valence-corrected chi connectivity index (χ0v) is 28.2. The average molecular weight is 632 g/mol. The lowest BCUT2D eigenvalue weighted by Crippen LogP contribution is -2.50. The molecule has 4 heteroatoms. The van der Waals surface area contributed by atoms with Crippen LogP contribution in [-0.2, 0) is 0 Å². The molecule has 0 spiro atoms. The van der Waals surface area contributed by atoms with Gasteiger partial charge in [0.05, 0.1) is 22.4 Å². The van der Waals surface area contributed by atoms with Gasteiger partial charge in [0.15, 0.2) is 5.82 Å². The minimum absolute atomic E-state index is 0.352. The van der Waals surface area contributed by atoms with Crippen molar-refractivity contribution in [1.29, 1.82) is 0 Å². The zero-order valence-electron chi connectivity index (χ0n) is 27.2. The van der Waals surface area contributed by atoms with Crippen LogP contribution in [0.3, 0.4) is 0 Å². The van der Waals surface area contributed by atoms with E-state index in [9.17, 15) is 0 Å². The van der Waals surface area contributed by atoms with Crippen molar-refractivity contribution in [3.8, 4) is 50.7 Å². The van der Waals surface area contributed by atoms with Crippen LogP contribution in [0.15, 0.2) is 140 Å². The quantitative estimate of drug-likeness (QED) is 0.182. The van der Waals surface area contributed by atoms with Gasteiger partial charge in [0, 0.05) is 39.1 Å². The SMILES string of the molecule is CC1c2ccccc2-c2c1ccc1c3ccccc3n(-c3cccc(-c4nc(-c5ccccc5)c5c(n4)-c4ccccc4[Si]5(C)C)c3)c21. The van der Waals surface area contributed by atoms with Crippen LogP contribution in [0, 0.1) is 0 Å². The summed E-state index contributed by atoms with van der Waals surface area (Å²) in [5.74, 6) is 1.12. The molecule has 8 aromatic rings. The minimum atomic E-state index is -2.02. The Hall–Kier alpha value is -5.58. The molecule has 0 N–H and O–H groups in total. The molecule has 0 saturated carbocycles. The molecular formula is C44H33N3Si. The first-order chi connectivity index (χ1) is 23.5. The number of para-hydroxylation sites is 1. The fourth-order valence-corrected chi connectivity index (χ4v) is 11.8. The first kappa shape index (κ1) is 27.5. The molecule has 2 aliphatic rings. The molecule has 1 aliphatic heterocycles. The largest absolute Gasteiger partial charge is 0.309 e. The summed E-state index contributed by atoms with van der Waals surface area (Å²) in [6.07, 6.45) is 0. The van der Waals surface area contributed by atoms with Crippen molar-refractivity contribution in [2.24, 2.45) is 0 Å². The van der Waals surface area contributed by atoms with Gasteiger partial charge in [0.2, 0.25) is 0 Å². The molecule has 6 aromatic carbocycles. The van der Waals surface area contributed by atoms with Gasteiger partial charge in [0.25, 0.3) is 0 Å². The van der Waals surface area contributed by atoms with Gasteiger partial charge in [-0.3, -0.25) is 0 Å². The van der Waals surface area contributed by atoms with Crippen molar-refractivity contribution in [3.05, 3.63) is 151 Å². The van der Waals surface area contributed by atoms with Crippen molar-refractivity contribution in [3.63, 3.8) is 0 Å². The Balaban J connectivity index is 1.24. The van der Waals surface area contributed by atoms with Crippen molar-refractivity contribution < 1.29 is 0 Å². The normalized spacial score (nSPS) is 15.4. The number of nitrogens with zero attached hydrogens (tertiary/aromatic N) is 3. The molecule has 0 fully saturated rings. The molecule has 3 heterocycles. The second-order valence-corrected chi connectivity index (χ2v) is 18.1. The van der Waals surface area contributed by atoms with Crippen LogP contribution in [0.4, 0.5) is 0 Å². The van der Waals surface area contributed by atoms with Crippen molar-refractivity contribution >= 4 is 40.3 Å². The Morgan fingerprint density at radius 3 is 2.17 bits per heavy atom. The third-order valence-corrected chi connectivity index (χ3v) is 14.3. The lowest BCUT2D eigenvalue weighted by Gasteiger charge is -2.21. The first-order valence-corrected chi connectivity index (χ1v) is 19.8. The van der Waals surface area contributed by atoms with Gasteiger partial charge in [-0.05, 0) is 50.8 Å². The number of aromatic nitrogens is 3. The predicted octanol–water partition coefficient (Wildman–Crippen LogP) is 9.84.